The Labute approximate surface area is 123 Å². The first kappa shape index (κ1) is 14.9. The smallest absolute Gasteiger partial charge is 0.322 e. The highest BCUT2D eigenvalue weighted by atomic mass is 16.5. The molecule has 2 aromatic rings. The number of ether oxygens (including phenoxy) is 1. The van der Waals surface area contributed by atoms with E-state index in [-0.39, 0.29) is 11.8 Å². The van der Waals surface area contributed by atoms with Gasteiger partial charge in [-0.05, 0) is 37.3 Å². The van der Waals surface area contributed by atoms with Gasteiger partial charge < -0.3 is 15.8 Å². The second kappa shape index (κ2) is 6.81. The summed E-state index contributed by atoms with van der Waals surface area (Å²) in [6, 6.07) is 9.09. The van der Waals surface area contributed by atoms with Crippen LogP contribution >= 0.6 is 0 Å². The first-order valence-corrected chi connectivity index (χ1v) is 6.67. The van der Waals surface area contributed by atoms with Crippen molar-refractivity contribution >= 4 is 11.6 Å². The van der Waals surface area contributed by atoms with E-state index in [0.717, 1.165) is 5.69 Å². The van der Waals surface area contributed by atoms with E-state index in [1.807, 2.05) is 6.92 Å². The summed E-state index contributed by atoms with van der Waals surface area (Å²) in [5.74, 6) is 0.278. The molecule has 2 rings (SSSR count). The first-order chi connectivity index (χ1) is 10.1. The molecule has 0 saturated carbocycles. The minimum atomic E-state index is -0.221. The van der Waals surface area contributed by atoms with Gasteiger partial charge in [0.05, 0.1) is 0 Å². The highest BCUT2D eigenvalue weighted by Gasteiger charge is 2.10. The first-order valence-electron chi connectivity index (χ1n) is 6.67. The Bertz CT molecular complexity index is 613. The predicted octanol–water partition coefficient (Wildman–Crippen LogP) is 2.11. The maximum absolute atomic E-state index is 11.7. The summed E-state index contributed by atoms with van der Waals surface area (Å²) in [6.45, 7) is 3.96. The van der Waals surface area contributed by atoms with Crippen molar-refractivity contribution in [1.82, 2.24) is 9.97 Å². The van der Waals surface area contributed by atoms with Gasteiger partial charge in [0.15, 0.2) is 0 Å². The van der Waals surface area contributed by atoms with Crippen LogP contribution in [-0.2, 0) is 4.79 Å². The van der Waals surface area contributed by atoms with Gasteiger partial charge >= 0.3 is 6.01 Å². The highest BCUT2D eigenvalue weighted by Crippen LogP contribution is 2.20. The van der Waals surface area contributed by atoms with Crippen LogP contribution in [0.4, 0.5) is 5.69 Å². The standard InChI is InChI=1S/C15H18N4O2/c1-10(9-16)14(20)19-12-3-5-13(6-4-12)21-15-17-8-7-11(2)18-15/h3-8,10H,9,16H2,1-2H3,(H,19,20). The number of nitrogens with zero attached hydrogens (tertiary/aromatic N) is 2. The lowest BCUT2D eigenvalue weighted by molar-refractivity contribution is -0.119. The van der Waals surface area contributed by atoms with E-state index in [2.05, 4.69) is 15.3 Å². The van der Waals surface area contributed by atoms with Crippen LogP contribution in [0.25, 0.3) is 0 Å². The molecule has 0 aliphatic carbocycles. The van der Waals surface area contributed by atoms with Gasteiger partial charge in [-0.15, -0.1) is 0 Å². The molecule has 0 aliphatic rings. The van der Waals surface area contributed by atoms with Crippen molar-refractivity contribution in [1.29, 1.82) is 0 Å². The molecule has 21 heavy (non-hydrogen) atoms. The zero-order chi connectivity index (χ0) is 15.2. The molecule has 0 spiro atoms. The van der Waals surface area contributed by atoms with Crippen LogP contribution in [0.3, 0.4) is 0 Å². The number of benzene rings is 1. The number of aryl methyl sites for hydroxylation is 1. The van der Waals surface area contributed by atoms with Gasteiger partial charge in [-0.25, -0.2) is 9.97 Å². The van der Waals surface area contributed by atoms with Gasteiger partial charge in [-0.1, -0.05) is 6.92 Å². The molecule has 3 N–H and O–H groups in total. The van der Waals surface area contributed by atoms with Gasteiger partial charge in [0, 0.05) is 30.0 Å². The number of aromatic nitrogens is 2. The molecule has 0 fully saturated rings. The summed E-state index contributed by atoms with van der Waals surface area (Å²) in [7, 11) is 0. The Hall–Kier alpha value is -2.47. The van der Waals surface area contributed by atoms with Crippen LogP contribution in [0.1, 0.15) is 12.6 Å². The fourth-order valence-electron chi connectivity index (χ4n) is 1.56. The maximum atomic E-state index is 11.7. The number of anilines is 1. The van der Waals surface area contributed by atoms with Crippen molar-refractivity contribution in [3.8, 4) is 11.8 Å². The van der Waals surface area contributed by atoms with Crippen LogP contribution in [-0.4, -0.2) is 22.4 Å². The average Bonchev–Trinajstić information content (AvgIpc) is 2.48. The number of nitrogens with one attached hydrogen (secondary N) is 1. The third-order valence-electron chi connectivity index (χ3n) is 2.90. The van der Waals surface area contributed by atoms with Gasteiger partial charge in [0.1, 0.15) is 5.75 Å². The molecule has 0 bridgehead atoms. The number of hydrogen-bond acceptors (Lipinski definition) is 5. The van der Waals surface area contributed by atoms with Gasteiger partial charge in [-0.3, -0.25) is 4.79 Å². The number of nitrogens with two attached hydrogens (primary N) is 1. The molecule has 0 aliphatic heterocycles. The summed E-state index contributed by atoms with van der Waals surface area (Å²) < 4.78 is 5.53. The van der Waals surface area contributed by atoms with Crippen molar-refractivity contribution in [2.75, 3.05) is 11.9 Å². The Morgan fingerprint density at radius 1 is 1.33 bits per heavy atom. The SMILES string of the molecule is Cc1ccnc(Oc2ccc(NC(=O)C(C)CN)cc2)n1. The van der Waals surface area contributed by atoms with Crippen LogP contribution < -0.4 is 15.8 Å². The molecule has 1 aromatic heterocycles. The summed E-state index contributed by atoms with van der Waals surface area (Å²) in [6.07, 6.45) is 1.64. The molecular weight excluding hydrogens is 268 g/mol. The molecule has 6 heteroatoms. The molecule has 1 atom stereocenters. The summed E-state index contributed by atoms with van der Waals surface area (Å²) in [5, 5.41) is 2.79. The molecule has 1 aromatic carbocycles. The van der Waals surface area contributed by atoms with Crippen molar-refractivity contribution < 1.29 is 9.53 Å². The lowest BCUT2D eigenvalue weighted by Crippen LogP contribution is -2.26. The molecule has 0 saturated heterocycles. The molecular formula is C15H18N4O2. The third kappa shape index (κ3) is 4.25. The van der Waals surface area contributed by atoms with Crippen LogP contribution in [0.15, 0.2) is 36.5 Å². The summed E-state index contributed by atoms with van der Waals surface area (Å²) in [4.78, 5) is 19.9. The van der Waals surface area contributed by atoms with E-state index in [4.69, 9.17) is 10.5 Å². The summed E-state index contributed by atoms with van der Waals surface area (Å²) >= 11 is 0. The minimum Gasteiger partial charge on any atom is -0.424 e. The van der Waals surface area contributed by atoms with Crippen LogP contribution in [0, 0.1) is 12.8 Å². The zero-order valence-electron chi connectivity index (χ0n) is 12.0. The molecule has 0 radical (unpaired) electrons. The predicted molar refractivity (Wildman–Crippen MR) is 80.1 cm³/mol. The maximum Gasteiger partial charge on any atom is 0.322 e. The van der Waals surface area contributed by atoms with E-state index in [1.165, 1.54) is 0 Å². The van der Waals surface area contributed by atoms with E-state index in [0.29, 0.717) is 24.0 Å². The molecule has 1 unspecified atom stereocenters. The zero-order valence-corrected chi connectivity index (χ0v) is 12.0. The van der Waals surface area contributed by atoms with E-state index >= 15 is 0 Å². The lowest BCUT2D eigenvalue weighted by Gasteiger charge is -2.10. The molecule has 110 valence electrons. The van der Waals surface area contributed by atoms with Gasteiger partial charge in [0.2, 0.25) is 5.91 Å². The monoisotopic (exact) mass is 286 g/mol. The molecule has 1 amide bonds. The Morgan fingerprint density at radius 2 is 2.05 bits per heavy atom. The average molecular weight is 286 g/mol. The fourth-order valence-corrected chi connectivity index (χ4v) is 1.56. The van der Waals surface area contributed by atoms with Gasteiger partial charge in [0.25, 0.3) is 0 Å². The van der Waals surface area contributed by atoms with E-state index in [1.54, 1.807) is 43.5 Å². The second-order valence-corrected chi connectivity index (χ2v) is 4.73. The normalized spacial score (nSPS) is 11.8. The third-order valence-corrected chi connectivity index (χ3v) is 2.90. The van der Waals surface area contributed by atoms with Crippen molar-refractivity contribution in [2.45, 2.75) is 13.8 Å². The lowest BCUT2D eigenvalue weighted by atomic mass is 10.1. The van der Waals surface area contributed by atoms with Crippen molar-refractivity contribution in [3.63, 3.8) is 0 Å². The largest absolute Gasteiger partial charge is 0.424 e. The number of hydrogen-bond donors (Lipinski definition) is 2. The second-order valence-electron chi connectivity index (χ2n) is 4.73. The van der Waals surface area contributed by atoms with Crippen molar-refractivity contribution in [3.05, 3.63) is 42.2 Å². The van der Waals surface area contributed by atoms with Gasteiger partial charge in [-0.2, -0.15) is 0 Å². The fraction of sp³-hybridized carbons (Fsp3) is 0.267. The van der Waals surface area contributed by atoms with E-state index in [9.17, 15) is 4.79 Å². The Morgan fingerprint density at radius 3 is 2.67 bits per heavy atom. The quantitative estimate of drug-likeness (QED) is 0.878. The summed E-state index contributed by atoms with van der Waals surface area (Å²) in [5.41, 5.74) is 6.98. The van der Waals surface area contributed by atoms with E-state index < -0.39 is 0 Å². The van der Waals surface area contributed by atoms with Crippen LogP contribution in [0.2, 0.25) is 0 Å². The number of amides is 1. The Kier molecular flexibility index (Phi) is 4.84. The minimum absolute atomic E-state index is 0.104. The number of rotatable bonds is 5. The number of carbonyl (C=O) groups excluding carboxylic acids is 1. The topological polar surface area (TPSA) is 90.1 Å². The van der Waals surface area contributed by atoms with Crippen LogP contribution in [0.5, 0.6) is 11.8 Å². The highest BCUT2D eigenvalue weighted by molar-refractivity contribution is 5.92. The molecule has 6 nitrogen and oxygen atoms in total. The molecule has 1 heterocycles. The number of carbonyl (C=O) groups is 1. The Balaban J connectivity index is 2.00. The van der Waals surface area contributed by atoms with Crippen molar-refractivity contribution in [2.24, 2.45) is 11.7 Å².